The zero-order valence-electron chi connectivity index (χ0n) is 24.5. The molecule has 1 saturated heterocycles. The van der Waals surface area contributed by atoms with E-state index < -0.39 is 6.04 Å². The van der Waals surface area contributed by atoms with Crippen LogP contribution in [0.15, 0.2) is 22.5 Å². The number of carbonyl (C=O) groups excluding carboxylic acids is 2. The molecule has 0 unspecified atom stereocenters. The third-order valence-electron chi connectivity index (χ3n) is 8.14. The number of carbonyl (C=O) groups is 2. The van der Waals surface area contributed by atoms with Gasteiger partial charge in [-0.1, -0.05) is 31.7 Å². The van der Waals surface area contributed by atoms with E-state index in [1.54, 1.807) is 11.3 Å². The van der Waals surface area contributed by atoms with Crippen molar-refractivity contribution in [1.29, 1.82) is 0 Å². The number of amidine groups is 1. The average Bonchev–Trinajstić information content (AvgIpc) is 3.58. The minimum atomic E-state index is -0.487. The summed E-state index contributed by atoms with van der Waals surface area (Å²) in [6.07, 6.45) is 10.0. The number of hydrogen-bond acceptors (Lipinski definition) is 8. The first kappa shape index (κ1) is 30.0. The van der Waals surface area contributed by atoms with E-state index >= 15 is 0 Å². The van der Waals surface area contributed by atoms with Crippen molar-refractivity contribution in [2.75, 3.05) is 46.9 Å². The van der Waals surface area contributed by atoms with Gasteiger partial charge in [0.25, 0.3) is 6.02 Å². The van der Waals surface area contributed by atoms with Gasteiger partial charge in [0.2, 0.25) is 5.91 Å². The Kier molecular flexibility index (Phi) is 10.8. The third kappa shape index (κ3) is 8.76. The van der Waals surface area contributed by atoms with Crippen LogP contribution < -0.4 is 5.32 Å². The molecule has 1 saturated carbocycles. The normalized spacial score (nSPS) is 22.6. The molecule has 0 aromatic carbocycles. The van der Waals surface area contributed by atoms with Gasteiger partial charge in [-0.25, -0.2) is 4.99 Å². The van der Waals surface area contributed by atoms with Crippen LogP contribution >= 0.6 is 11.3 Å². The molecule has 3 aliphatic rings. The minimum absolute atomic E-state index is 0.0918. The topological polar surface area (TPSA) is 77.5 Å². The summed E-state index contributed by atoms with van der Waals surface area (Å²) in [6.45, 7) is 7.26. The van der Waals surface area contributed by atoms with Crippen molar-refractivity contribution in [2.24, 2.45) is 4.99 Å². The van der Waals surface area contributed by atoms with E-state index in [0.29, 0.717) is 51.1 Å². The van der Waals surface area contributed by atoms with Gasteiger partial charge in [-0.15, -0.1) is 11.3 Å². The summed E-state index contributed by atoms with van der Waals surface area (Å²) in [7, 11) is 4.18. The third-order valence-corrected chi connectivity index (χ3v) is 9.08. The predicted octanol–water partition coefficient (Wildman–Crippen LogP) is 3.95. The molecule has 2 atom stereocenters. The summed E-state index contributed by atoms with van der Waals surface area (Å²) in [6, 6.07) is 4.38. The lowest BCUT2D eigenvalue weighted by atomic mass is 9.93. The Bertz CT molecular complexity index is 958. The first-order valence-corrected chi connectivity index (χ1v) is 15.8. The first-order chi connectivity index (χ1) is 18.7. The highest BCUT2D eigenvalue weighted by molar-refractivity contribution is 7.09. The number of unbranched alkanes of at least 4 members (excludes halogenated alkanes) is 1. The van der Waals surface area contributed by atoms with Crippen molar-refractivity contribution in [1.82, 2.24) is 20.0 Å². The highest BCUT2D eigenvalue weighted by Crippen LogP contribution is 2.24. The molecule has 2 aliphatic heterocycles. The standard InChI is InChI=1S/C30H49N5O3S/c1-30(2)22-38-29(32-30)34-18-19-35(26(21-34)27(36)16-15-24-13-10-20-39-24)28(37)25(14-8-9-17-33(3)4)31-23-11-6-5-7-12-23/h10,13,20,23,25-26,31H,5-9,11-12,14-19,21-22H2,1-4H3/t25-,26+/m1/s1. The molecule has 0 bridgehead atoms. The first-order valence-electron chi connectivity index (χ1n) is 15.0. The van der Waals surface area contributed by atoms with Crippen LogP contribution in [0.5, 0.6) is 0 Å². The number of ether oxygens (including phenoxy) is 1. The Hall–Kier alpha value is -1.97. The van der Waals surface area contributed by atoms with Crippen LogP contribution in [0.3, 0.4) is 0 Å². The minimum Gasteiger partial charge on any atom is -0.463 e. The summed E-state index contributed by atoms with van der Waals surface area (Å²) in [5.74, 6) is 0.220. The van der Waals surface area contributed by atoms with Crippen LogP contribution in [0, 0.1) is 0 Å². The fourth-order valence-electron chi connectivity index (χ4n) is 5.90. The predicted molar refractivity (Wildman–Crippen MR) is 158 cm³/mol. The largest absolute Gasteiger partial charge is 0.463 e. The fraction of sp³-hybridized carbons (Fsp3) is 0.767. The van der Waals surface area contributed by atoms with E-state index in [1.807, 2.05) is 16.3 Å². The number of Topliss-reactive ketones (excluding diaryl/α,β-unsaturated/α-hetero) is 1. The monoisotopic (exact) mass is 559 g/mol. The number of ketones is 1. The molecule has 218 valence electrons. The van der Waals surface area contributed by atoms with Crippen LogP contribution in [-0.2, 0) is 20.7 Å². The molecule has 1 aromatic rings. The summed E-state index contributed by atoms with van der Waals surface area (Å²) in [4.78, 5) is 40.1. The molecule has 3 heterocycles. The average molecular weight is 560 g/mol. The number of nitrogens with zero attached hydrogens (tertiary/aromatic N) is 4. The Balaban J connectivity index is 1.49. The number of aryl methyl sites for hydroxylation is 1. The quantitative estimate of drug-likeness (QED) is 0.391. The molecule has 0 radical (unpaired) electrons. The van der Waals surface area contributed by atoms with Gasteiger partial charge in [-0.3, -0.25) is 9.59 Å². The number of amides is 1. The molecular formula is C30H49N5O3S. The Morgan fingerprint density at radius 1 is 1.21 bits per heavy atom. The highest BCUT2D eigenvalue weighted by atomic mass is 32.1. The van der Waals surface area contributed by atoms with Crippen LogP contribution in [0.1, 0.15) is 76.5 Å². The number of hydrogen-bond donors (Lipinski definition) is 1. The maximum absolute atomic E-state index is 14.2. The molecule has 39 heavy (non-hydrogen) atoms. The van der Waals surface area contributed by atoms with Gasteiger partial charge >= 0.3 is 0 Å². The number of rotatable bonds is 12. The van der Waals surface area contributed by atoms with Gasteiger partial charge in [0.1, 0.15) is 12.6 Å². The van der Waals surface area contributed by atoms with E-state index in [-0.39, 0.29) is 23.3 Å². The smallest absolute Gasteiger partial charge is 0.288 e. The van der Waals surface area contributed by atoms with E-state index in [0.717, 1.165) is 38.6 Å². The number of thiophene rings is 1. The molecule has 1 aliphatic carbocycles. The SMILES string of the molecule is CN(C)CCCC[C@@H](NC1CCCCC1)C(=O)N1CCN(C2=NC(C)(C)CO2)C[C@H]1C(=O)CCc1cccs1. The van der Waals surface area contributed by atoms with Crippen molar-refractivity contribution in [3.8, 4) is 0 Å². The van der Waals surface area contributed by atoms with Crippen molar-refractivity contribution >= 4 is 29.0 Å². The molecule has 2 fully saturated rings. The van der Waals surface area contributed by atoms with Gasteiger partial charge in [0.15, 0.2) is 5.78 Å². The summed E-state index contributed by atoms with van der Waals surface area (Å²) >= 11 is 1.68. The van der Waals surface area contributed by atoms with Crippen LogP contribution in [0.4, 0.5) is 0 Å². The van der Waals surface area contributed by atoms with Gasteiger partial charge < -0.3 is 24.8 Å². The zero-order valence-corrected chi connectivity index (χ0v) is 25.3. The number of nitrogens with one attached hydrogen (secondary N) is 1. The molecule has 8 nitrogen and oxygen atoms in total. The van der Waals surface area contributed by atoms with Gasteiger partial charge in [0.05, 0.1) is 11.6 Å². The lowest BCUT2D eigenvalue weighted by molar-refractivity contribution is -0.144. The molecule has 4 rings (SSSR count). The summed E-state index contributed by atoms with van der Waals surface area (Å²) < 4.78 is 5.93. The summed E-state index contributed by atoms with van der Waals surface area (Å²) in [5, 5.41) is 5.80. The van der Waals surface area contributed by atoms with Crippen LogP contribution in [-0.4, -0.2) is 103 Å². The van der Waals surface area contributed by atoms with Crippen molar-refractivity contribution in [3.05, 3.63) is 22.4 Å². The molecule has 1 amide bonds. The Morgan fingerprint density at radius 3 is 2.67 bits per heavy atom. The number of aliphatic imine (C=N–C) groups is 1. The maximum atomic E-state index is 14.2. The van der Waals surface area contributed by atoms with E-state index in [2.05, 4.69) is 49.1 Å². The van der Waals surface area contributed by atoms with Crippen LogP contribution in [0.25, 0.3) is 0 Å². The molecule has 0 spiro atoms. The Labute approximate surface area is 239 Å². The maximum Gasteiger partial charge on any atom is 0.288 e. The van der Waals surface area contributed by atoms with Gasteiger partial charge in [-0.2, -0.15) is 0 Å². The van der Waals surface area contributed by atoms with Gasteiger partial charge in [-0.05, 0) is 78.0 Å². The molecule has 1 aromatic heterocycles. The second-order valence-electron chi connectivity index (χ2n) is 12.4. The molecule has 9 heteroatoms. The zero-order chi connectivity index (χ0) is 27.8. The van der Waals surface area contributed by atoms with E-state index in [9.17, 15) is 9.59 Å². The summed E-state index contributed by atoms with van der Waals surface area (Å²) in [5.41, 5.74) is -0.261. The second kappa shape index (κ2) is 14.1. The lowest BCUT2D eigenvalue weighted by Gasteiger charge is -2.42. The number of piperazine rings is 1. The van der Waals surface area contributed by atoms with Crippen molar-refractivity contribution in [3.63, 3.8) is 0 Å². The van der Waals surface area contributed by atoms with E-state index in [1.165, 1.54) is 24.1 Å². The Morgan fingerprint density at radius 2 is 2.00 bits per heavy atom. The van der Waals surface area contributed by atoms with Gasteiger partial charge in [0, 0.05) is 37.0 Å². The fourth-order valence-corrected chi connectivity index (χ4v) is 6.61. The van der Waals surface area contributed by atoms with E-state index in [4.69, 9.17) is 9.73 Å². The molecule has 1 N–H and O–H groups in total. The second-order valence-corrected chi connectivity index (χ2v) is 13.4. The highest BCUT2D eigenvalue weighted by Gasteiger charge is 2.41. The lowest BCUT2D eigenvalue weighted by Crippen LogP contribution is -2.63. The molecular weight excluding hydrogens is 510 g/mol. The van der Waals surface area contributed by atoms with Crippen molar-refractivity contribution < 1.29 is 14.3 Å². The van der Waals surface area contributed by atoms with Crippen LogP contribution in [0.2, 0.25) is 0 Å². The van der Waals surface area contributed by atoms with Crippen molar-refractivity contribution in [2.45, 2.75) is 102 Å².